The number of likely N-dealkylation sites (tertiary alicyclic amines) is 1. The lowest BCUT2D eigenvalue weighted by atomic mass is 10.1. The van der Waals surface area contributed by atoms with Gasteiger partial charge in [-0.2, -0.15) is 0 Å². The van der Waals surface area contributed by atoms with Crippen molar-refractivity contribution in [2.45, 2.75) is 58.3 Å². The van der Waals surface area contributed by atoms with Gasteiger partial charge in [-0.05, 0) is 51.3 Å². The lowest BCUT2D eigenvalue weighted by Crippen LogP contribution is -2.37. The van der Waals surface area contributed by atoms with E-state index < -0.39 is 5.60 Å². The molecule has 1 unspecified atom stereocenters. The second-order valence-electron chi connectivity index (χ2n) is 6.99. The number of carbonyl (C=O) groups excluding carboxylic acids is 1. The quantitative estimate of drug-likeness (QED) is 0.928. The number of nitrogens with two attached hydrogens (primary N) is 1. The van der Waals surface area contributed by atoms with E-state index in [4.69, 9.17) is 15.2 Å². The monoisotopic (exact) mass is 320 g/mol. The van der Waals surface area contributed by atoms with E-state index in [9.17, 15) is 4.79 Å². The first-order valence-electron chi connectivity index (χ1n) is 8.31. The summed E-state index contributed by atoms with van der Waals surface area (Å²) in [5, 5.41) is 0. The fourth-order valence-electron chi connectivity index (χ4n) is 2.63. The lowest BCUT2D eigenvalue weighted by molar-refractivity contribution is 0.0252. The summed E-state index contributed by atoms with van der Waals surface area (Å²) >= 11 is 0. The van der Waals surface area contributed by atoms with Crippen molar-refractivity contribution in [1.82, 2.24) is 4.90 Å². The van der Waals surface area contributed by atoms with Crippen LogP contribution in [-0.4, -0.2) is 35.8 Å². The average molecular weight is 320 g/mol. The molecular weight excluding hydrogens is 292 g/mol. The van der Waals surface area contributed by atoms with Crippen molar-refractivity contribution in [2.24, 2.45) is 5.73 Å². The molecule has 2 rings (SSSR count). The van der Waals surface area contributed by atoms with E-state index >= 15 is 0 Å². The standard InChI is InChI=1S/C18H28N2O3/c1-18(2,3)23-17(21)20-10-5-8-15(9-11-20)22-16-7-4-6-14(12-16)13-19/h4,6-7,12,15H,5,8-11,13,19H2,1-3H3. The van der Waals surface area contributed by atoms with Crippen molar-refractivity contribution >= 4 is 6.09 Å². The zero-order valence-corrected chi connectivity index (χ0v) is 14.4. The molecule has 0 saturated carbocycles. The molecule has 0 bridgehead atoms. The number of nitrogens with zero attached hydrogens (tertiary/aromatic N) is 1. The first kappa shape index (κ1) is 17.6. The smallest absolute Gasteiger partial charge is 0.410 e. The van der Waals surface area contributed by atoms with Crippen molar-refractivity contribution in [2.75, 3.05) is 13.1 Å². The van der Waals surface area contributed by atoms with Crippen LogP contribution in [0.25, 0.3) is 0 Å². The molecular formula is C18H28N2O3. The minimum atomic E-state index is -0.456. The third-order valence-electron chi connectivity index (χ3n) is 3.76. The van der Waals surface area contributed by atoms with Crippen molar-refractivity contribution in [3.8, 4) is 5.75 Å². The number of benzene rings is 1. The number of ether oxygens (including phenoxy) is 2. The molecule has 0 radical (unpaired) electrons. The van der Waals surface area contributed by atoms with E-state index in [-0.39, 0.29) is 12.2 Å². The fraction of sp³-hybridized carbons (Fsp3) is 0.611. The van der Waals surface area contributed by atoms with Gasteiger partial charge in [0.05, 0.1) is 0 Å². The first-order chi connectivity index (χ1) is 10.9. The van der Waals surface area contributed by atoms with Gasteiger partial charge >= 0.3 is 6.09 Å². The van der Waals surface area contributed by atoms with Gasteiger partial charge in [-0.25, -0.2) is 4.79 Å². The van der Waals surface area contributed by atoms with E-state index in [0.29, 0.717) is 13.1 Å². The van der Waals surface area contributed by atoms with Crippen LogP contribution in [0.4, 0.5) is 4.79 Å². The molecule has 1 heterocycles. The average Bonchev–Trinajstić information content (AvgIpc) is 2.71. The number of hydrogen-bond donors (Lipinski definition) is 1. The molecule has 1 aliphatic heterocycles. The maximum absolute atomic E-state index is 12.2. The Hall–Kier alpha value is -1.75. The zero-order chi connectivity index (χ0) is 16.9. The highest BCUT2D eigenvalue weighted by molar-refractivity contribution is 5.68. The molecule has 1 fully saturated rings. The van der Waals surface area contributed by atoms with Gasteiger partial charge < -0.3 is 20.1 Å². The maximum Gasteiger partial charge on any atom is 0.410 e. The highest BCUT2D eigenvalue weighted by atomic mass is 16.6. The number of hydrogen-bond acceptors (Lipinski definition) is 4. The Morgan fingerprint density at radius 2 is 2.09 bits per heavy atom. The molecule has 1 saturated heterocycles. The molecule has 0 aliphatic carbocycles. The predicted octanol–water partition coefficient (Wildman–Crippen LogP) is 3.31. The van der Waals surface area contributed by atoms with Crippen LogP contribution in [0.1, 0.15) is 45.6 Å². The Kier molecular flexibility index (Phi) is 5.88. The van der Waals surface area contributed by atoms with Crippen LogP contribution < -0.4 is 10.5 Å². The van der Waals surface area contributed by atoms with Crippen LogP contribution in [0.5, 0.6) is 5.75 Å². The van der Waals surface area contributed by atoms with Crippen LogP contribution >= 0.6 is 0 Å². The van der Waals surface area contributed by atoms with E-state index in [1.807, 2.05) is 45.0 Å². The normalized spacial score (nSPS) is 19.1. The highest BCUT2D eigenvalue weighted by Crippen LogP contribution is 2.21. The van der Waals surface area contributed by atoms with Crippen molar-refractivity contribution < 1.29 is 14.3 Å². The summed E-state index contributed by atoms with van der Waals surface area (Å²) in [4.78, 5) is 13.9. The summed E-state index contributed by atoms with van der Waals surface area (Å²) in [6, 6.07) is 7.89. The van der Waals surface area contributed by atoms with E-state index in [0.717, 1.165) is 37.1 Å². The summed E-state index contributed by atoms with van der Waals surface area (Å²) in [5.41, 5.74) is 6.27. The molecule has 128 valence electrons. The van der Waals surface area contributed by atoms with Crippen molar-refractivity contribution in [1.29, 1.82) is 0 Å². The van der Waals surface area contributed by atoms with Crippen molar-refractivity contribution in [3.05, 3.63) is 29.8 Å². The molecule has 23 heavy (non-hydrogen) atoms. The molecule has 2 N–H and O–H groups in total. The fourth-order valence-corrected chi connectivity index (χ4v) is 2.63. The molecule has 1 aromatic rings. The molecule has 1 atom stereocenters. The highest BCUT2D eigenvalue weighted by Gasteiger charge is 2.25. The largest absolute Gasteiger partial charge is 0.490 e. The second kappa shape index (κ2) is 7.68. The minimum Gasteiger partial charge on any atom is -0.490 e. The van der Waals surface area contributed by atoms with E-state index in [1.165, 1.54) is 0 Å². The van der Waals surface area contributed by atoms with Gasteiger partial charge in [0.25, 0.3) is 0 Å². The maximum atomic E-state index is 12.2. The van der Waals surface area contributed by atoms with Crippen molar-refractivity contribution in [3.63, 3.8) is 0 Å². The van der Waals surface area contributed by atoms with Crippen LogP contribution in [0.3, 0.4) is 0 Å². The number of carbonyl (C=O) groups is 1. The number of rotatable bonds is 3. The first-order valence-corrected chi connectivity index (χ1v) is 8.31. The molecule has 1 aromatic carbocycles. The van der Waals surface area contributed by atoms with Crippen LogP contribution in [0.2, 0.25) is 0 Å². The summed E-state index contributed by atoms with van der Waals surface area (Å²) in [7, 11) is 0. The van der Waals surface area contributed by atoms with Gasteiger partial charge in [-0.1, -0.05) is 12.1 Å². The van der Waals surface area contributed by atoms with Gasteiger partial charge in [0, 0.05) is 26.1 Å². The lowest BCUT2D eigenvalue weighted by Gasteiger charge is -2.26. The summed E-state index contributed by atoms with van der Waals surface area (Å²) in [6.07, 6.45) is 2.55. The Morgan fingerprint density at radius 3 is 2.78 bits per heavy atom. The SMILES string of the molecule is CC(C)(C)OC(=O)N1CCCC(Oc2cccc(CN)c2)CC1. The third kappa shape index (κ3) is 5.75. The van der Waals surface area contributed by atoms with Gasteiger partial charge in [-0.15, -0.1) is 0 Å². The topological polar surface area (TPSA) is 64.8 Å². The van der Waals surface area contributed by atoms with Crippen LogP contribution in [0.15, 0.2) is 24.3 Å². The second-order valence-corrected chi connectivity index (χ2v) is 6.99. The summed E-state index contributed by atoms with van der Waals surface area (Å²) in [6.45, 7) is 7.55. The Bertz CT molecular complexity index is 525. The van der Waals surface area contributed by atoms with Gasteiger partial charge in [0.1, 0.15) is 17.5 Å². The Labute approximate surface area is 138 Å². The van der Waals surface area contributed by atoms with Crippen LogP contribution in [0, 0.1) is 0 Å². The molecule has 1 aliphatic rings. The zero-order valence-electron chi connectivity index (χ0n) is 14.4. The molecule has 5 heteroatoms. The Balaban J connectivity index is 1.89. The minimum absolute atomic E-state index is 0.121. The molecule has 0 aromatic heterocycles. The van der Waals surface area contributed by atoms with E-state index in [1.54, 1.807) is 4.90 Å². The van der Waals surface area contributed by atoms with Gasteiger partial charge in [0.2, 0.25) is 0 Å². The molecule has 1 amide bonds. The summed E-state index contributed by atoms with van der Waals surface area (Å²) < 4.78 is 11.5. The van der Waals surface area contributed by atoms with Gasteiger partial charge in [0.15, 0.2) is 0 Å². The number of amides is 1. The third-order valence-corrected chi connectivity index (χ3v) is 3.76. The van der Waals surface area contributed by atoms with Crippen LogP contribution in [-0.2, 0) is 11.3 Å². The Morgan fingerprint density at radius 1 is 1.30 bits per heavy atom. The molecule has 5 nitrogen and oxygen atoms in total. The summed E-state index contributed by atoms with van der Waals surface area (Å²) in [5.74, 6) is 0.851. The molecule has 0 spiro atoms. The predicted molar refractivity (Wildman–Crippen MR) is 90.4 cm³/mol. The van der Waals surface area contributed by atoms with Gasteiger partial charge in [-0.3, -0.25) is 0 Å². The van der Waals surface area contributed by atoms with E-state index in [2.05, 4.69) is 0 Å².